The smallest absolute Gasteiger partial charge is 0.0717 e. The van der Waals surface area contributed by atoms with Gasteiger partial charge < -0.3 is 0 Å². The molecule has 0 aliphatic rings. The average Bonchev–Trinajstić information content (AvgIpc) is 3.35. The normalized spacial score (nSPS) is 11.0. The number of rotatable bonds is 9. The largest absolute Gasteiger partial charge is 0.263 e. The van der Waals surface area contributed by atoms with E-state index in [1.807, 2.05) is 92.0 Å². The molecule has 0 saturated heterocycles. The molecule has 5 aromatic heterocycles. The van der Waals surface area contributed by atoms with E-state index in [4.69, 9.17) is 0 Å². The van der Waals surface area contributed by atoms with E-state index in [9.17, 15) is 0 Å². The maximum atomic E-state index is 4.58. The van der Waals surface area contributed by atoms with Gasteiger partial charge in [0.05, 0.1) is 11.4 Å². The Morgan fingerprint density at radius 1 is 0.200 bits per heavy atom. The number of pyridine rings is 5. The zero-order valence-electron chi connectivity index (χ0n) is 32.6. The van der Waals surface area contributed by atoms with Gasteiger partial charge in [-0.15, -0.1) is 0 Å². The lowest BCUT2D eigenvalue weighted by Crippen LogP contribution is -1.89. The molecule has 0 unspecified atom stereocenters. The fourth-order valence-corrected chi connectivity index (χ4v) is 7.62. The molecule has 5 aromatic carbocycles. The summed E-state index contributed by atoms with van der Waals surface area (Å²) in [7, 11) is 0. The fraction of sp³-hybridized carbons (Fsp3) is 0. The summed E-state index contributed by atoms with van der Waals surface area (Å²) >= 11 is 0. The maximum Gasteiger partial charge on any atom is 0.0717 e. The van der Waals surface area contributed by atoms with Crippen molar-refractivity contribution in [3.05, 3.63) is 225 Å². The van der Waals surface area contributed by atoms with Crippen molar-refractivity contribution in [3.63, 3.8) is 0 Å². The van der Waals surface area contributed by atoms with Crippen LogP contribution in [0.5, 0.6) is 0 Å². The first-order valence-electron chi connectivity index (χ1n) is 19.9. The highest BCUT2D eigenvalue weighted by atomic mass is 14.7. The van der Waals surface area contributed by atoms with E-state index in [0.29, 0.717) is 0 Å². The Balaban J connectivity index is 0.997. The summed E-state index contributed by atoms with van der Waals surface area (Å²) in [6.07, 6.45) is 15.0. The van der Waals surface area contributed by atoms with Gasteiger partial charge in [0, 0.05) is 83.0 Å². The average molecular weight is 768 g/mol. The third-order valence-electron chi connectivity index (χ3n) is 10.8. The molecule has 10 aromatic rings. The molecule has 5 heteroatoms. The molecule has 0 aliphatic heterocycles. The third kappa shape index (κ3) is 7.76. The van der Waals surface area contributed by atoms with Gasteiger partial charge in [-0.3, -0.25) is 24.9 Å². The summed E-state index contributed by atoms with van der Waals surface area (Å²) in [5, 5.41) is 0. The van der Waals surface area contributed by atoms with Crippen molar-refractivity contribution in [2.75, 3.05) is 0 Å². The second-order valence-electron chi connectivity index (χ2n) is 14.7. The quantitative estimate of drug-likeness (QED) is 0.146. The van der Waals surface area contributed by atoms with Crippen LogP contribution >= 0.6 is 0 Å². The van der Waals surface area contributed by atoms with Gasteiger partial charge >= 0.3 is 0 Å². The van der Waals surface area contributed by atoms with Crippen molar-refractivity contribution >= 4 is 0 Å². The summed E-state index contributed by atoms with van der Waals surface area (Å²) in [6, 6.07) is 61.9. The molecule has 0 aliphatic carbocycles. The van der Waals surface area contributed by atoms with Crippen molar-refractivity contribution in [1.29, 1.82) is 0 Å². The first kappa shape index (κ1) is 36.2. The van der Waals surface area contributed by atoms with Crippen molar-refractivity contribution in [2.24, 2.45) is 0 Å². The van der Waals surface area contributed by atoms with Crippen LogP contribution in [0.4, 0.5) is 0 Å². The monoisotopic (exact) mass is 767 g/mol. The second-order valence-corrected chi connectivity index (χ2v) is 14.7. The minimum atomic E-state index is 0.904. The minimum Gasteiger partial charge on any atom is -0.263 e. The van der Waals surface area contributed by atoms with Crippen LogP contribution in [-0.2, 0) is 0 Å². The molecular weight excluding hydrogens is 731 g/mol. The molecule has 5 heterocycles. The summed E-state index contributed by atoms with van der Waals surface area (Å²) < 4.78 is 0. The van der Waals surface area contributed by atoms with Crippen LogP contribution in [0.1, 0.15) is 0 Å². The molecule has 0 bridgehead atoms. The van der Waals surface area contributed by atoms with Crippen LogP contribution < -0.4 is 0 Å². The Hall–Kier alpha value is -8.15. The van der Waals surface area contributed by atoms with Gasteiger partial charge in [-0.2, -0.15) is 0 Å². The van der Waals surface area contributed by atoms with E-state index in [2.05, 4.69) is 158 Å². The summed E-state index contributed by atoms with van der Waals surface area (Å²) in [4.78, 5) is 22.7. The van der Waals surface area contributed by atoms with E-state index in [-0.39, 0.29) is 0 Å². The van der Waals surface area contributed by atoms with E-state index in [1.54, 1.807) is 0 Å². The molecule has 0 saturated carbocycles. The summed E-state index contributed by atoms with van der Waals surface area (Å²) in [5.74, 6) is 0. The van der Waals surface area contributed by atoms with Crippen LogP contribution in [0.25, 0.3) is 100 Å². The highest BCUT2D eigenvalue weighted by molar-refractivity contribution is 5.84. The highest BCUT2D eigenvalue weighted by Gasteiger charge is 2.12. The van der Waals surface area contributed by atoms with Gasteiger partial charge in [-0.25, -0.2) is 0 Å². The van der Waals surface area contributed by atoms with Crippen molar-refractivity contribution < 1.29 is 0 Å². The maximum absolute atomic E-state index is 4.58. The number of hydrogen-bond acceptors (Lipinski definition) is 5. The third-order valence-corrected chi connectivity index (χ3v) is 10.8. The molecule has 0 fully saturated rings. The van der Waals surface area contributed by atoms with E-state index in [1.165, 1.54) is 0 Å². The predicted molar refractivity (Wildman–Crippen MR) is 244 cm³/mol. The number of benzene rings is 5. The Morgan fingerprint density at radius 2 is 0.467 bits per heavy atom. The van der Waals surface area contributed by atoms with E-state index < -0.39 is 0 Å². The Kier molecular flexibility index (Phi) is 9.88. The fourth-order valence-electron chi connectivity index (χ4n) is 7.62. The minimum absolute atomic E-state index is 0.904. The first-order valence-corrected chi connectivity index (χ1v) is 19.9. The second kappa shape index (κ2) is 16.4. The molecule has 0 N–H and O–H groups in total. The molecule has 0 amide bonds. The van der Waals surface area contributed by atoms with Gasteiger partial charge in [0.25, 0.3) is 0 Å². The molecule has 5 nitrogen and oxygen atoms in total. The topological polar surface area (TPSA) is 64.5 Å². The van der Waals surface area contributed by atoms with Crippen molar-refractivity contribution in [2.45, 2.75) is 0 Å². The Labute approximate surface area is 349 Å². The van der Waals surface area contributed by atoms with Crippen molar-refractivity contribution in [3.8, 4) is 100 Å². The van der Waals surface area contributed by atoms with Gasteiger partial charge in [0.2, 0.25) is 0 Å². The zero-order valence-corrected chi connectivity index (χ0v) is 32.6. The first-order chi connectivity index (χ1) is 29.7. The lowest BCUT2D eigenvalue weighted by atomic mass is 9.91. The lowest BCUT2D eigenvalue weighted by molar-refractivity contribution is 1.28. The molecule has 282 valence electrons. The van der Waals surface area contributed by atoms with Gasteiger partial charge in [0.15, 0.2) is 0 Å². The predicted octanol–water partition coefficient (Wildman–Crippen LogP) is 13.7. The number of nitrogens with zero attached hydrogens (tertiary/aromatic N) is 5. The van der Waals surface area contributed by atoms with E-state index in [0.717, 1.165) is 100 Å². The summed E-state index contributed by atoms with van der Waals surface area (Å²) in [5.41, 5.74) is 19.3. The molecule has 0 radical (unpaired) electrons. The number of aromatic nitrogens is 5. The van der Waals surface area contributed by atoms with Crippen LogP contribution in [0, 0.1) is 0 Å². The number of hydrogen-bond donors (Lipinski definition) is 0. The van der Waals surface area contributed by atoms with Gasteiger partial charge in [0.1, 0.15) is 0 Å². The SMILES string of the molecule is c1ccc(-c2cncc(-c3ccc(-c4cc(-c5ccc(-c6cncc(-c7ccccn7)c6)cc5)cc(-c5ccc(-c6cncc(-c7ccccn7)c6)cc5)c4)cc3)c2)cc1. The van der Waals surface area contributed by atoms with Crippen LogP contribution in [0.2, 0.25) is 0 Å². The van der Waals surface area contributed by atoms with Gasteiger partial charge in [-0.05, 0) is 116 Å². The zero-order chi connectivity index (χ0) is 40.1. The highest BCUT2D eigenvalue weighted by Crippen LogP contribution is 2.36. The molecule has 10 rings (SSSR count). The standard InChI is InChI=1S/C55H37N5/c1-2-8-38(9-3-1)48-29-49(33-56-32-48)42-18-12-39(13-19-42)45-26-46(40-14-20-43(21-15-40)50-30-52(36-57-34-50)54-10-4-6-24-59-54)28-47(27-45)41-16-22-44(23-17-41)51-31-53(37-58-35-51)55-11-5-7-25-60-55/h1-37H. The molecule has 0 atom stereocenters. The van der Waals surface area contributed by atoms with Crippen LogP contribution in [0.3, 0.4) is 0 Å². The molecule has 60 heavy (non-hydrogen) atoms. The lowest BCUT2D eigenvalue weighted by Gasteiger charge is -2.13. The van der Waals surface area contributed by atoms with Crippen LogP contribution in [-0.4, -0.2) is 24.9 Å². The van der Waals surface area contributed by atoms with Gasteiger partial charge in [-0.1, -0.05) is 115 Å². The van der Waals surface area contributed by atoms with Crippen LogP contribution in [0.15, 0.2) is 225 Å². The molecule has 0 spiro atoms. The van der Waals surface area contributed by atoms with E-state index >= 15 is 0 Å². The Morgan fingerprint density at radius 3 is 0.800 bits per heavy atom. The molecular formula is C55H37N5. The van der Waals surface area contributed by atoms with Crippen molar-refractivity contribution in [1.82, 2.24) is 24.9 Å². The Bertz CT molecular complexity index is 2690. The summed E-state index contributed by atoms with van der Waals surface area (Å²) in [6.45, 7) is 0.